The summed E-state index contributed by atoms with van der Waals surface area (Å²) in [6.45, 7) is 9.35. The van der Waals surface area contributed by atoms with Crippen LogP contribution in [0.1, 0.15) is 60.3 Å². The van der Waals surface area contributed by atoms with E-state index in [0.29, 0.717) is 24.4 Å². The zero-order chi connectivity index (χ0) is 23.7. The summed E-state index contributed by atoms with van der Waals surface area (Å²) in [5.41, 5.74) is 1.66. The van der Waals surface area contributed by atoms with E-state index in [1.54, 1.807) is 26.0 Å². The van der Waals surface area contributed by atoms with E-state index >= 15 is 0 Å². The monoisotopic (exact) mass is 442 g/mol. The largest absolute Gasteiger partial charge is 0.489 e. The van der Waals surface area contributed by atoms with Gasteiger partial charge >= 0.3 is 11.6 Å². The zero-order valence-electron chi connectivity index (χ0n) is 19.6. The Morgan fingerprint density at radius 1 is 1.09 bits per heavy atom. The molecule has 0 saturated heterocycles. The molecule has 1 N–H and O–H groups in total. The standard InChI is InChI=1S/C26H34O6/c1-18(9-13-24(28)26(4,5)32-20(3)27)7-6-8-19(2)15-16-30-22-12-10-21-11-14-25(29)31-23(21)17-22/h7,10-12,14-15,17,24,28H,6,8-9,13,16H2,1-5H3. The molecule has 0 fully saturated rings. The van der Waals surface area contributed by atoms with Crippen LogP contribution in [0, 0.1) is 0 Å². The van der Waals surface area contributed by atoms with E-state index < -0.39 is 11.7 Å². The molecular weight excluding hydrogens is 408 g/mol. The van der Waals surface area contributed by atoms with Gasteiger partial charge in [0.15, 0.2) is 0 Å². The molecule has 0 radical (unpaired) electrons. The van der Waals surface area contributed by atoms with Crippen molar-refractivity contribution in [1.82, 2.24) is 0 Å². The van der Waals surface area contributed by atoms with E-state index in [2.05, 4.69) is 13.0 Å². The second-order valence-electron chi connectivity index (χ2n) is 8.66. The van der Waals surface area contributed by atoms with Crippen molar-refractivity contribution in [3.63, 3.8) is 0 Å². The number of fused-ring (bicyclic) bond motifs is 1. The maximum atomic E-state index is 11.4. The first kappa shape index (κ1) is 25.4. The predicted octanol–water partition coefficient (Wildman–Crippen LogP) is 5.33. The van der Waals surface area contributed by atoms with Crippen LogP contribution < -0.4 is 10.4 Å². The highest BCUT2D eigenvalue weighted by atomic mass is 16.6. The first-order valence-corrected chi connectivity index (χ1v) is 10.9. The van der Waals surface area contributed by atoms with Crippen molar-refractivity contribution < 1.29 is 23.8 Å². The van der Waals surface area contributed by atoms with Gasteiger partial charge in [-0.2, -0.15) is 0 Å². The van der Waals surface area contributed by atoms with Gasteiger partial charge in [-0.25, -0.2) is 4.79 Å². The number of hydrogen-bond acceptors (Lipinski definition) is 6. The molecule has 0 aliphatic heterocycles. The molecule has 1 aromatic carbocycles. The normalized spacial score (nSPS) is 13.8. The van der Waals surface area contributed by atoms with Crippen molar-refractivity contribution in [1.29, 1.82) is 0 Å². The van der Waals surface area contributed by atoms with Crippen molar-refractivity contribution in [2.75, 3.05) is 6.61 Å². The van der Waals surface area contributed by atoms with Crippen LogP contribution in [0.25, 0.3) is 11.0 Å². The number of rotatable bonds is 11. The molecule has 0 aliphatic rings. The van der Waals surface area contributed by atoms with Crippen molar-refractivity contribution in [3.8, 4) is 5.75 Å². The Balaban J connectivity index is 1.75. The van der Waals surface area contributed by atoms with E-state index in [1.165, 1.54) is 24.1 Å². The highest BCUT2D eigenvalue weighted by Crippen LogP contribution is 2.22. The molecule has 174 valence electrons. The summed E-state index contributed by atoms with van der Waals surface area (Å²) >= 11 is 0. The Bertz CT molecular complexity index is 1030. The van der Waals surface area contributed by atoms with Gasteiger partial charge in [-0.05, 0) is 77.7 Å². The van der Waals surface area contributed by atoms with Gasteiger partial charge in [0.05, 0.1) is 6.10 Å². The van der Waals surface area contributed by atoms with Crippen LogP contribution in [-0.4, -0.2) is 29.4 Å². The highest BCUT2D eigenvalue weighted by Gasteiger charge is 2.30. The van der Waals surface area contributed by atoms with Crippen LogP contribution in [-0.2, 0) is 9.53 Å². The van der Waals surface area contributed by atoms with E-state index in [4.69, 9.17) is 13.9 Å². The fourth-order valence-electron chi connectivity index (χ4n) is 3.31. The summed E-state index contributed by atoms with van der Waals surface area (Å²) in [5, 5.41) is 11.2. The zero-order valence-corrected chi connectivity index (χ0v) is 19.6. The third-order valence-corrected chi connectivity index (χ3v) is 5.33. The van der Waals surface area contributed by atoms with E-state index in [0.717, 1.165) is 24.6 Å². The molecule has 1 aromatic heterocycles. The van der Waals surface area contributed by atoms with Gasteiger partial charge in [0, 0.05) is 24.4 Å². The molecule has 32 heavy (non-hydrogen) atoms. The van der Waals surface area contributed by atoms with Gasteiger partial charge in [0.25, 0.3) is 0 Å². The quantitative estimate of drug-likeness (QED) is 0.288. The van der Waals surface area contributed by atoms with Gasteiger partial charge in [-0.15, -0.1) is 0 Å². The molecule has 1 unspecified atom stereocenters. The number of esters is 1. The second kappa shape index (κ2) is 11.7. The predicted molar refractivity (Wildman–Crippen MR) is 126 cm³/mol. The van der Waals surface area contributed by atoms with Gasteiger partial charge < -0.3 is 19.0 Å². The SMILES string of the molecule is CC(=O)OC(C)(C)C(O)CCC(C)=CCCC(C)=CCOc1ccc2ccc(=O)oc2c1. The molecular formula is C26H34O6. The van der Waals surface area contributed by atoms with E-state index in [-0.39, 0.29) is 11.6 Å². The topological polar surface area (TPSA) is 86.0 Å². The highest BCUT2D eigenvalue weighted by molar-refractivity contribution is 5.77. The van der Waals surface area contributed by atoms with Crippen LogP contribution in [0.2, 0.25) is 0 Å². The van der Waals surface area contributed by atoms with Crippen LogP contribution in [0.5, 0.6) is 5.75 Å². The minimum atomic E-state index is -0.887. The van der Waals surface area contributed by atoms with Crippen molar-refractivity contribution in [2.24, 2.45) is 0 Å². The molecule has 0 aliphatic carbocycles. The molecule has 1 atom stereocenters. The first-order chi connectivity index (χ1) is 15.1. The molecule has 2 rings (SSSR count). The maximum Gasteiger partial charge on any atom is 0.336 e. The number of carbonyl (C=O) groups is 1. The third-order valence-electron chi connectivity index (χ3n) is 5.33. The van der Waals surface area contributed by atoms with Crippen LogP contribution in [0.3, 0.4) is 0 Å². The average Bonchev–Trinajstić information content (AvgIpc) is 2.70. The third kappa shape index (κ3) is 8.35. The molecule has 0 amide bonds. The van der Waals surface area contributed by atoms with Crippen LogP contribution in [0.15, 0.2) is 62.8 Å². The lowest BCUT2D eigenvalue weighted by atomic mass is 9.95. The molecule has 0 bridgehead atoms. The average molecular weight is 443 g/mol. The molecule has 0 spiro atoms. The van der Waals surface area contributed by atoms with Gasteiger partial charge in [0.1, 0.15) is 23.5 Å². The van der Waals surface area contributed by atoms with Crippen molar-refractivity contribution in [2.45, 2.75) is 72.0 Å². The number of aliphatic hydroxyl groups is 1. The molecule has 0 saturated carbocycles. The van der Waals surface area contributed by atoms with Gasteiger partial charge in [-0.3, -0.25) is 4.79 Å². The Morgan fingerprint density at radius 2 is 1.78 bits per heavy atom. The smallest absolute Gasteiger partial charge is 0.336 e. The lowest BCUT2D eigenvalue weighted by Crippen LogP contribution is -2.40. The van der Waals surface area contributed by atoms with Crippen molar-refractivity contribution in [3.05, 3.63) is 64.1 Å². The number of hydrogen-bond donors (Lipinski definition) is 1. The lowest BCUT2D eigenvalue weighted by molar-refractivity contribution is -0.165. The first-order valence-electron chi connectivity index (χ1n) is 10.9. The minimum Gasteiger partial charge on any atom is -0.489 e. The molecule has 2 aromatic rings. The summed E-state index contributed by atoms with van der Waals surface area (Å²) in [6.07, 6.45) is 6.60. The Morgan fingerprint density at radius 3 is 2.50 bits per heavy atom. The molecule has 6 heteroatoms. The second-order valence-corrected chi connectivity index (χ2v) is 8.66. The fourth-order valence-corrected chi connectivity index (χ4v) is 3.31. The molecule has 6 nitrogen and oxygen atoms in total. The van der Waals surface area contributed by atoms with Gasteiger partial charge in [-0.1, -0.05) is 17.2 Å². The van der Waals surface area contributed by atoms with Crippen LogP contribution >= 0.6 is 0 Å². The Labute approximate surface area is 189 Å². The Hall–Kier alpha value is -2.86. The summed E-state index contributed by atoms with van der Waals surface area (Å²) in [5.74, 6) is 0.265. The lowest BCUT2D eigenvalue weighted by Gasteiger charge is -2.30. The fraction of sp³-hybridized carbons (Fsp3) is 0.462. The summed E-state index contributed by atoms with van der Waals surface area (Å²) < 4.78 is 16.1. The van der Waals surface area contributed by atoms with E-state index in [9.17, 15) is 14.7 Å². The summed E-state index contributed by atoms with van der Waals surface area (Å²) in [4.78, 5) is 22.5. The number of allylic oxidation sites excluding steroid dienone is 3. The maximum absolute atomic E-state index is 11.4. The Kier molecular flexibility index (Phi) is 9.27. The van der Waals surface area contributed by atoms with E-state index in [1.807, 2.05) is 25.1 Å². The van der Waals surface area contributed by atoms with Crippen molar-refractivity contribution >= 4 is 16.9 Å². The number of aliphatic hydroxyl groups excluding tert-OH is 1. The van der Waals surface area contributed by atoms with Gasteiger partial charge in [0.2, 0.25) is 0 Å². The number of benzene rings is 1. The minimum absolute atomic E-state index is 0.378. The summed E-state index contributed by atoms with van der Waals surface area (Å²) in [6, 6.07) is 8.57. The molecule has 1 heterocycles. The number of carbonyl (C=O) groups excluding carboxylic acids is 1. The number of ether oxygens (including phenoxy) is 2. The summed E-state index contributed by atoms with van der Waals surface area (Å²) in [7, 11) is 0. The van der Waals surface area contributed by atoms with Crippen LogP contribution in [0.4, 0.5) is 0 Å².